The molecule has 0 spiro atoms. The van der Waals surface area contributed by atoms with Crippen molar-refractivity contribution in [3.05, 3.63) is 24.3 Å². The van der Waals surface area contributed by atoms with E-state index < -0.39 is 11.7 Å². The number of para-hydroxylation sites is 2. The van der Waals surface area contributed by atoms with Gasteiger partial charge in [0.05, 0.1) is 5.60 Å². The van der Waals surface area contributed by atoms with Crippen molar-refractivity contribution in [2.75, 3.05) is 20.2 Å². The van der Waals surface area contributed by atoms with Crippen molar-refractivity contribution in [1.82, 2.24) is 4.90 Å². The summed E-state index contributed by atoms with van der Waals surface area (Å²) in [4.78, 5) is 13.7. The van der Waals surface area contributed by atoms with Gasteiger partial charge in [0.25, 0.3) is 5.91 Å². The summed E-state index contributed by atoms with van der Waals surface area (Å²) in [6.07, 6.45) is -0.665. The second-order valence-corrected chi connectivity index (χ2v) is 5.37. The van der Waals surface area contributed by atoms with Gasteiger partial charge in [-0.1, -0.05) is 12.1 Å². The molecule has 1 unspecified atom stereocenters. The van der Waals surface area contributed by atoms with E-state index in [0.29, 0.717) is 11.5 Å². The minimum atomic E-state index is -0.933. The molecule has 0 bridgehead atoms. The van der Waals surface area contributed by atoms with Crippen LogP contribution in [0.4, 0.5) is 0 Å². The number of nitrogens with zero attached hydrogens (tertiary/aromatic N) is 1. The quantitative estimate of drug-likeness (QED) is 0.887. The van der Waals surface area contributed by atoms with Crippen molar-refractivity contribution in [2.45, 2.75) is 25.6 Å². The highest BCUT2D eigenvalue weighted by atomic mass is 16.6. The van der Waals surface area contributed by atoms with Gasteiger partial charge in [-0.05, 0) is 26.0 Å². The van der Waals surface area contributed by atoms with Crippen molar-refractivity contribution in [3.63, 3.8) is 0 Å². The summed E-state index contributed by atoms with van der Waals surface area (Å²) in [5.74, 6) is 1.03. The molecule has 1 amide bonds. The van der Waals surface area contributed by atoms with Gasteiger partial charge in [0.1, 0.15) is 6.61 Å². The molecular weight excluding hydrogens is 246 g/mol. The van der Waals surface area contributed by atoms with Gasteiger partial charge in [0.15, 0.2) is 11.5 Å². The summed E-state index contributed by atoms with van der Waals surface area (Å²) in [5, 5.41) is 9.73. The number of benzene rings is 1. The number of aliphatic hydroxyl groups is 1. The molecule has 0 fully saturated rings. The van der Waals surface area contributed by atoms with Gasteiger partial charge in [-0.2, -0.15) is 0 Å². The molecule has 1 aromatic rings. The lowest BCUT2D eigenvalue weighted by molar-refractivity contribution is -0.142. The molecule has 19 heavy (non-hydrogen) atoms. The molecule has 104 valence electrons. The van der Waals surface area contributed by atoms with Gasteiger partial charge in [-0.15, -0.1) is 0 Å². The van der Waals surface area contributed by atoms with E-state index >= 15 is 0 Å². The first-order valence-corrected chi connectivity index (χ1v) is 6.23. The molecule has 5 heteroatoms. The van der Waals surface area contributed by atoms with Crippen LogP contribution in [-0.2, 0) is 4.79 Å². The van der Waals surface area contributed by atoms with Gasteiger partial charge in [0.2, 0.25) is 6.10 Å². The Labute approximate surface area is 112 Å². The van der Waals surface area contributed by atoms with Gasteiger partial charge in [-0.25, -0.2) is 0 Å². The molecule has 0 aromatic heterocycles. The highest BCUT2D eigenvalue weighted by molar-refractivity contribution is 5.81. The van der Waals surface area contributed by atoms with Gasteiger partial charge >= 0.3 is 0 Å². The molecule has 0 aliphatic carbocycles. The largest absolute Gasteiger partial charge is 0.485 e. The SMILES string of the molecule is CN(CC(C)(C)O)C(=O)C1COc2ccccc2O1. The molecule has 5 nitrogen and oxygen atoms in total. The third-order valence-corrected chi connectivity index (χ3v) is 2.78. The molecule has 1 aliphatic heterocycles. The van der Waals surface area contributed by atoms with Crippen LogP contribution in [0.1, 0.15) is 13.8 Å². The standard InChI is InChI=1S/C14H19NO4/c1-14(2,17)9-15(3)13(16)12-8-18-10-6-4-5-7-11(10)19-12/h4-7,12,17H,8-9H2,1-3H3. The summed E-state index contributed by atoms with van der Waals surface area (Å²) in [6.45, 7) is 3.74. The van der Waals surface area contributed by atoms with Crippen LogP contribution in [0, 0.1) is 0 Å². The number of carbonyl (C=O) groups excluding carboxylic acids is 1. The lowest BCUT2D eigenvalue weighted by Gasteiger charge is -2.31. The van der Waals surface area contributed by atoms with Crippen molar-refractivity contribution in [1.29, 1.82) is 0 Å². The van der Waals surface area contributed by atoms with Crippen LogP contribution in [0.3, 0.4) is 0 Å². The molecule has 0 radical (unpaired) electrons. The monoisotopic (exact) mass is 265 g/mol. The maximum atomic E-state index is 12.2. The second kappa shape index (κ2) is 5.09. The summed E-state index contributed by atoms with van der Waals surface area (Å²) >= 11 is 0. The van der Waals surface area contributed by atoms with Crippen LogP contribution >= 0.6 is 0 Å². The minimum absolute atomic E-state index is 0.187. The number of rotatable bonds is 3. The third kappa shape index (κ3) is 3.38. The van der Waals surface area contributed by atoms with E-state index in [2.05, 4.69) is 0 Å². The predicted octanol–water partition coefficient (Wildman–Crippen LogP) is 1.06. The summed E-state index contributed by atoms with van der Waals surface area (Å²) in [7, 11) is 1.64. The van der Waals surface area contributed by atoms with Crippen LogP contribution in [0.5, 0.6) is 11.5 Å². The first-order chi connectivity index (χ1) is 8.87. The predicted molar refractivity (Wildman–Crippen MR) is 70.3 cm³/mol. The van der Waals surface area contributed by atoms with Crippen molar-refractivity contribution >= 4 is 5.91 Å². The average molecular weight is 265 g/mol. The fourth-order valence-electron chi connectivity index (χ4n) is 2.05. The Morgan fingerprint density at radius 2 is 2.05 bits per heavy atom. The molecule has 0 saturated carbocycles. The average Bonchev–Trinajstić information content (AvgIpc) is 2.35. The fraction of sp³-hybridized carbons (Fsp3) is 0.500. The van der Waals surface area contributed by atoms with E-state index in [4.69, 9.17) is 9.47 Å². The van der Waals surface area contributed by atoms with E-state index in [1.165, 1.54) is 4.90 Å². The number of amides is 1. The molecule has 1 heterocycles. The number of hydrogen-bond acceptors (Lipinski definition) is 4. The van der Waals surface area contributed by atoms with Crippen LogP contribution in [0.15, 0.2) is 24.3 Å². The Morgan fingerprint density at radius 3 is 2.68 bits per heavy atom. The first-order valence-electron chi connectivity index (χ1n) is 6.23. The van der Waals surface area contributed by atoms with Gasteiger partial charge in [0, 0.05) is 13.6 Å². The maximum absolute atomic E-state index is 12.2. The fourth-order valence-corrected chi connectivity index (χ4v) is 2.05. The van der Waals surface area contributed by atoms with Crippen LogP contribution in [-0.4, -0.2) is 47.8 Å². The zero-order valence-corrected chi connectivity index (χ0v) is 11.4. The highest BCUT2D eigenvalue weighted by Crippen LogP contribution is 2.31. The van der Waals surface area contributed by atoms with Gasteiger partial charge < -0.3 is 19.5 Å². The topological polar surface area (TPSA) is 59.0 Å². The molecule has 0 saturated heterocycles. The number of carbonyl (C=O) groups is 1. The number of likely N-dealkylation sites (N-methyl/N-ethyl adjacent to an activating group) is 1. The number of fused-ring (bicyclic) bond motifs is 1. The Bertz CT molecular complexity index is 467. The van der Waals surface area contributed by atoms with E-state index in [1.807, 2.05) is 12.1 Å². The molecule has 2 rings (SSSR count). The molecular formula is C14H19NO4. The van der Waals surface area contributed by atoms with E-state index in [1.54, 1.807) is 33.0 Å². The normalized spacial score (nSPS) is 18.0. The first kappa shape index (κ1) is 13.7. The summed E-state index contributed by atoms with van der Waals surface area (Å²) in [5.41, 5.74) is -0.933. The molecule has 1 aliphatic rings. The van der Waals surface area contributed by atoms with Crippen LogP contribution < -0.4 is 9.47 Å². The van der Waals surface area contributed by atoms with E-state index in [-0.39, 0.29) is 19.1 Å². The lowest BCUT2D eigenvalue weighted by Crippen LogP contribution is -2.48. The minimum Gasteiger partial charge on any atom is -0.485 e. The Kier molecular flexibility index (Phi) is 3.66. The van der Waals surface area contributed by atoms with Crippen molar-refractivity contribution in [2.24, 2.45) is 0 Å². The Balaban J connectivity index is 2.03. The van der Waals surface area contributed by atoms with Crippen molar-refractivity contribution in [3.8, 4) is 11.5 Å². The van der Waals surface area contributed by atoms with Gasteiger partial charge in [-0.3, -0.25) is 4.79 Å². The lowest BCUT2D eigenvalue weighted by atomic mass is 10.1. The van der Waals surface area contributed by atoms with Crippen molar-refractivity contribution < 1.29 is 19.4 Å². The second-order valence-electron chi connectivity index (χ2n) is 5.37. The zero-order valence-electron chi connectivity index (χ0n) is 11.4. The van der Waals surface area contributed by atoms with Crippen LogP contribution in [0.25, 0.3) is 0 Å². The molecule has 1 atom stereocenters. The summed E-state index contributed by atoms with van der Waals surface area (Å²) in [6, 6.07) is 7.25. The summed E-state index contributed by atoms with van der Waals surface area (Å²) < 4.78 is 11.1. The zero-order chi connectivity index (χ0) is 14.0. The highest BCUT2D eigenvalue weighted by Gasteiger charge is 2.31. The van der Waals surface area contributed by atoms with E-state index in [9.17, 15) is 9.90 Å². The Hall–Kier alpha value is -1.75. The van der Waals surface area contributed by atoms with E-state index in [0.717, 1.165) is 0 Å². The maximum Gasteiger partial charge on any atom is 0.267 e. The van der Waals surface area contributed by atoms with Crippen LogP contribution in [0.2, 0.25) is 0 Å². The Morgan fingerprint density at radius 1 is 1.42 bits per heavy atom. The third-order valence-electron chi connectivity index (χ3n) is 2.78. The molecule has 1 aromatic carbocycles. The number of hydrogen-bond donors (Lipinski definition) is 1. The smallest absolute Gasteiger partial charge is 0.267 e. The number of ether oxygens (including phenoxy) is 2. The molecule has 1 N–H and O–H groups in total.